The lowest BCUT2D eigenvalue weighted by atomic mass is 10.1. The molecule has 1 aliphatic rings. The van der Waals surface area contributed by atoms with Crippen molar-refractivity contribution in [2.75, 3.05) is 10.7 Å². The van der Waals surface area contributed by atoms with Crippen LogP contribution >= 0.6 is 0 Å². The van der Waals surface area contributed by atoms with Crippen molar-refractivity contribution < 1.29 is 13.2 Å². The first-order chi connectivity index (χ1) is 9.32. The summed E-state index contributed by atoms with van der Waals surface area (Å²) in [5.74, 6) is -0.104. The van der Waals surface area contributed by atoms with E-state index < -0.39 is 15.9 Å². The number of amides is 1. The Hall–Kier alpha value is -1.62. The Kier molecular flexibility index (Phi) is 3.99. The first kappa shape index (κ1) is 14.8. The summed E-state index contributed by atoms with van der Waals surface area (Å²) in [5, 5.41) is 1.20. The normalized spacial score (nSPS) is 20.1. The molecule has 0 aliphatic carbocycles. The van der Waals surface area contributed by atoms with Crippen molar-refractivity contribution in [3.8, 4) is 0 Å². The summed E-state index contributed by atoms with van der Waals surface area (Å²) >= 11 is 0. The zero-order valence-corrected chi connectivity index (χ0v) is 12.8. The molecule has 1 aromatic rings. The van der Waals surface area contributed by atoms with E-state index in [-0.39, 0.29) is 11.7 Å². The van der Waals surface area contributed by atoms with E-state index in [1.165, 1.54) is 5.41 Å². The maximum atomic E-state index is 12.2. The molecule has 1 heterocycles. The number of carbonyl (C=O) groups excluding carboxylic acids is 1. The molecule has 0 saturated carbocycles. The fourth-order valence-electron chi connectivity index (χ4n) is 2.50. The van der Waals surface area contributed by atoms with Crippen LogP contribution in [0, 0.1) is 13.8 Å². The van der Waals surface area contributed by atoms with Crippen molar-refractivity contribution in [2.45, 2.75) is 33.2 Å². The van der Waals surface area contributed by atoms with E-state index in [4.69, 9.17) is 0 Å². The molecule has 0 radical (unpaired) electrons. The Bertz CT molecular complexity index is 641. The van der Waals surface area contributed by atoms with Crippen LogP contribution in [0.2, 0.25) is 0 Å². The molecular formula is C15H19NO3S. The summed E-state index contributed by atoms with van der Waals surface area (Å²) in [5.41, 5.74) is 2.87. The third-order valence-corrected chi connectivity index (χ3v) is 4.68. The molecule has 1 aliphatic heterocycles. The maximum absolute atomic E-state index is 12.2. The van der Waals surface area contributed by atoms with Crippen molar-refractivity contribution in [1.82, 2.24) is 0 Å². The minimum atomic E-state index is -3.18. The Balaban J connectivity index is 2.43. The van der Waals surface area contributed by atoms with Gasteiger partial charge in [-0.25, -0.2) is 8.42 Å². The molecule has 0 saturated heterocycles. The second-order valence-electron chi connectivity index (χ2n) is 5.19. The van der Waals surface area contributed by atoms with Crippen molar-refractivity contribution in [3.63, 3.8) is 0 Å². The monoisotopic (exact) mass is 293 g/mol. The molecule has 4 nitrogen and oxygen atoms in total. The standard InChI is InChI=1S/C15H19NO3S/c1-4-15(17)16(13-5-6-20(18,19)10-13)14-8-11(2)7-12(3)9-14/h5-9,13H,4,10H2,1-3H3/t13-/m1/s1. The molecular weight excluding hydrogens is 274 g/mol. The maximum Gasteiger partial charge on any atom is 0.227 e. The highest BCUT2D eigenvalue weighted by atomic mass is 32.2. The van der Waals surface area contributed by atoms with Crippen LogP contribution in [0.1, 0.15) is 24.5 Å². The fourth-order valence-corrected chi connectivity index (χ4v) is 3.77. The largest absolute Gasteiger partial charge is 0.304 e. The van der Waals surface area contributed by atoms with Gasteiger partial charge in [0.15, 0.2) is 9.84 Å². The predicted octanol–water partition coefficient (Wildman–Crippen LogP) is 2.36. The molecule has 0 fully saturated rings. The summed E-state index contributed by atoms with van der Waals surface area (Å²) in [7, 11) is -3.18. The molecule has 2 rings (SSSR count). The molecule has 1 amide bonds. The Labute approximate surface area is 120 Å². The van der Waals surface area contributed by atoms with Gasteiger partial charge in [-0.2, -0.15) is 0 Å². The lowest BCUT2D eigenvalue weighted by Gasteiger charge is -2.28. The van der Waals surface area contributed by atoms with Gasteiger partial charge in [-0.05, 0) is 43.2 Å². The number of hydrogen-bond acceptors (Lipinski definition) is 3. The number of hydrogen-bond donors (Lipinski definition) is 0. The fraction of sp³-hybridized carbons (Fsp3) is 0.400. The van der Waals surface area contributed by atoms with Crippen LogP contribution in [0.25, 0.3) is 0 Å². The van der Waals surface area contributed by atoms with Gasteiger partial charge in [0.05, 0.1) is 11.8 Å². The summed E-state index contributed by atoms with van der Waals surface area (Å²) in [4.78, 5) is 13.8. The molecule has 108 valence electrons. The van der Waals surface area contributed by atoms with Crippen LogP contribution in [-0.4, -0.2) is 26.1 Å². The molecule has 0 unspecified atom stereocenters. The molecule has 20 heavy (non-hydrogen) atoms. The van der Waals surface area contributed by atoms with E-state index in [9.17, 15) is 13.2 Å². The highest BCUT2D eigenvalue weighted by molar-refractivity contribution is 7.94. The third kappa shape index (κ3) is 3.10. The van der Waals surface area contributed by atoms with Gasteiger partial charge in [0.25, 0.3) is 0 Å². The lowest BCUT2D eigenvalue weighted by molar-refractivity contribution is -0.118. The second kappa shape index (κ2) is 5.40. The van der Waals surface area contributed by atoms with Gasteiger partial charge in [-0.15, -0.1) is 0 Å². The number of aryl methyl sites for hydroxylation is 2. The lowest BCUT2D eigenvalue weighted by Crippen LogP contribution is -2.40. The SMILES string of the molecule is CCC(=O)N(c1cc(C)cc(C)c1)[C@@H]1C=CS(=O)(=O)C1. The minimum Gasteiger partial charge on any atom is -0.304 e. The van der Waals surface area contributed by atoms with Crippen LogP contribution in [-0.2, 0) is 14.6 Å². The van der Waals surface area contributed by atoms with Crippen LogP contribution in [0.4, 0.5) is 5.69 Å². The van der Waals surface area contributed by atoms with Gasteiger partial charge in [0.1, 0.15) is 0 Å². The highest BCUT2D eigenvalue weighted by Gasteiger charge is 2.30. The van der Waals surface area contributed by atoms with Gasteiger partial charge >= 0.3 is 0 Å². The molecule has 0 spiro atoms. The summed E-state index contributed by atoms with van der Waals surface area (Å²) in [6.07, 6.45) is 1.94. The first-order valence-corrected chi connectivity index (χ1v) is 8.35. The van der Waals surface area contributed by atoms with Crippen LogP contribution in [0.5, 0.6) is 0 Å². The molecule has 0 aromatic heterocycles. The van der Waals surface area contributed by atoms with Crippen molar-refractivity contribution in [3.05, 3.63) is 40.8 Å². The van der Waals surface area contributed by atoms with E-state index in [0.717, 1.165) is 16.8 Å². The summed E-state index contributed by atoms with van der Waals surface area (Å²) < 4.78 is 23.2. The Morgan fingerprint density at radius 1 is 1.25 bits per heavy atom. The quantitative estimate of drug-likeness (QED) is 0.859. The molecule has 1 aromatic carbocycles. The molecule has 5 heteroatoms. The van der Waals surface area contributed by atoms with E-state index in [1.807, 2.05) is 32.0 Å². The third-order valence-electron chi connectivity index (χ3n) is 3.30. The topological polar surface area (TPSA) is 54.5 Å². The zero-order valence-electron chi connectivity index (χ0n) is 12.0. The van der Waals surface area contributed by atoms with E-state index >= 15 is 0 Å². The highest BCUT2D eigenvalue weighted by Crippen LogP contribution is 2.25. The molecule has 0 bridgehead atoms. The van der Waals surface area contributed by atoms with Gasteiger partial charge in [-0.1, -0.05) is 13.0 Å². The molecule has 0 N–H and O–H groups in total. The minimum absolute atomic E-state index is 0.0360. The number of rotatable bonds is 3. The van der Waals surface area contributed by atoms with Crippen molar-refractivity contribution >= 4 is 21.4 Å². The van der Waals surface area contributed by atoms with Gasteiger partial charge < -0.3 is 4.90 Å². The predicted molar refractivity (Wildman–Crippen MR) is 80.4 cm³/mol. The summed E-state index contributed by atoms with van der Waals surface area (Å²) in [6.45, 7) is 5.71. The van der Waals surface area contributed by atoms with Crippen molar-refractivity contribution in [1.29, 1.82) is 0 Å². The first-order valence-electron chi connectivity index (χ1n) is 6.63. The van der Waals surface area contributed by atoms with Gasteiger partial charge in [0.2, 0.25) is 5.91 Å². The van der Waals surface area contributed by atoms with Gasteiger partial charge in [0, 0.05) is 17.5 Å². The average Bonchev–Trinajstić information content (AvgIpc) is 2.68. The van der Waals surface area contributed by atoms with Crippen LogP contribution < -0.4 is 4.90 Å². The number of sulfone groups is 1. The number of benzene rings is 1. The summed E-state index contributed by atoms with van der Waals surface area (Å²) in [6, 6.07) is 5.45. The van der Waals surface area contributed by atoms with Crippen LogP contribution in [0.3, 0.4) is 0 Å². The number of nitrogens with zero attached hydrogens (tertiary/aromatic N) is 1. The smallest absolute Gasteiger partial charge is 0.227 e. The zero-order chi connectivity index (χ0) is 14.9. The van der Waals surface area contributed by atoms with Crippen LogP contribution in [0.15, 0.2) is 29.7 Å². The molecule has 1 atom stereocenters. The van der Waals surface area contributed by atoms with E-state index in [1.54, 1.807) is 17.9 Å². The Morgan fingerprint density at radius 2 is 1.85 bits per heavy atom. The van der Waals surface area contributed by atoms with E-state index in [0.29, 0.717) is 6.42 Å². The van der Waals surface area contributed by atoms with E-state index in [2.05, 4.69) is 0 Å². The average molecular weight is 293 g/mol. The number of anilines is 1. The second-order valence-corrected chi connectivity index (χ2v) is 7.12. The number of carbonyl (C=O) groups is 1. The van der Waals surface area contributed by atoms with Crippen molar-refractivity contribution in [2.24, 2.45) is 0 Å². The Morgan fingerprint density at radius 3 is 2.30 bits per heavy atom. The van der Waals surface area contributed by atoms with Gasteiger partial charge in [-0.3, -0.25) is 4.79 Å².